The second kappa shape index (κ2) is 44.5. The minimum atomic E-state index is -0.415. The SMILES string of the molecule is C/C=C1/CC[C@H]2[C@@H]3CC[C@@H]4[C@H](CC[C@]4(C)O)[C@H]3CC[C@]12C.C1CCOC1.CC(=O)[C@H]1CC[C@H]2[C@@H]3CC[C@@H]4[C@H](CC[C@]4(C)O)[C@H]3CC[C@]12C.CC(O)[C@H]1CC[C@H]2[C@@H]3CC[C@@H]4[C@H](CC[C@]4(C)O)[C@H]3CC[C@]12C.C[C@]1(O)CC[C@@H]2[C@H]3CC[C@]4(C)C(=O)CC[C@H]4[C@@H]3CC[C@H]21.C[C@]12CC[C@@H]3[C@H]4CC[C@](C)(O)[C@@H]4CC[C@H]3[C@@H]1CC[C@@H]2O.II.II.II.II.II.[HH].[HH].[HH].[HH].[HH].[HH].[HH].[HH]. The van der Waals surface area contributed by atoms with Gasteiger partial charge in [0.2, 0.25) is 0 Å². The quantitative estimate of drug-likeness (QED) is 0.104. The highest BCUT2D eigenvalue weighted by molar-refractivity contribution is 15.0. The molecule has 0 spiro atoms. The van der Waals surface area contributed by atoms with Crippen LogP contribution in [0.4, 0.5) is 0 Å². The molecule has 0 aromatic carbocycles. The van der Waals surface area contributed by atoms with E-state index in [-0.39, 0.29) is 45.5 Å². The van der Waals surface area contributed by atoms with Crippen LogP contribution in [0.1, 0.15) is 371 Å². The summed E-state index contributed by atoms with van der Waals surface area (Å²) in [6, 6.07) is 0. The molecule has 0 aromatic heterocycles. The maximum absolute atomic E-state index is 12.3. The zero-order chi connectivity index (χ0) is 88.0. The van der Waals surface area contributed by atoms with Crippen LogP contribution < -0.4 is 0 Å². The number of carbonyl (C=O) groups excluding carboxylic acids is 2. The van der Waals surface area contributed by atoms with Gasteiger partial charge in [-0.1, -0.05) is 46.3 Å². The third-order valence-corrected chi connectivity index (χ3v) is 42.6. The monoisotopic (exact) mass is 2810 g/mol. The highest BCUT2D eigenvalue weighted by Crippen LogP contribution is 2.72. The first-order valence-electron chi connectivity index (χ1n) is 49.0. The van der Waals surface area contributed by atoms with Crippen molar-refractivity contribution in [2.24, 2.45) is 187 Å². The maximum Gasteiger partial charge on any atom is 0.139 e. The fourth-order valence-electron chi connectivity index (χ4n) is 37.0. The molecule has 0 aromatic rings. The molecule has 0 amide bonds. The Morgan fingerprint density at radius 3 is 0.992 bits per heavy atom. The third kappa shape index (κ3) is 20.7. The molecule has 10 nitrogen and oxygen atoms in total. The summed E-state index contributed by atoms with van der Waals surface area (Å²) in [4.78, 5) is 24.4. The van der Waals surface area contributed by atoms with Crippen LogP contribution in [0.2, 0.25) is 0 Å². The Labute approximate surface area is 859 Å². The number of fused-ring (bicyclic) bond motifs is 25. The predicted octanol–water partition coefficient (Wildman–Crippen LogP) is 31.7. The Balaban J connectivity index is 0.000000391. The van der Waals surface area contributed by atoms with Gasteiger partial charge in [-0.2, -0.15) is 0 Å². The number of Topliss-reactive ketones (excluding diaryl/α,β-unsaturated/α-hetero) is 2. The van der Waals surface area contributed by atoms with Crippen LogP contribution in [0.15, 0.2) is 11.6 Å². The molecule has 0 bridgehead atoms. The van der Waals surface area contributed by atoms with Crippen molar-refractivity contribution in [2.75, 3.05) is 13.2 Å². The average molecular weight is 2810 g/mol. The van der Waals surface area contributed by atoms with E-state index >= 15 is 0 Å². The van der Waals surface area contributed by atoms with Crippen molar-refractivity contribution in [3.8, 4) is 0 Å². The van der Waals surface area contributed by atoms with Crippen molar-refractivity contribution in [3.63, 3.8) is 0 Å². The first-order chi connectivity index (χ1) is 57.0. The van der Waals surface area contributed by atoms with Crippen LogP contribution in [0.3, 0.4) is 0 Å². The van der Waals surface area contributed by atoms with Gasteiger partial charge in [-0.05, 0) is 494 Å². The predicted molar refractivity (Wildman–Crippen MR) is 597 cm³/mol. The maximum atomic E-state index is 12.3. The summed E-state index contributed by atoms with van der Waals surface area (Å²) in [5.74, 6) is 21.0. The van der Waals surface area contributed by atoms with Crippen molar-refractivity contribution in [1.82, 2.24) is 0 Å². The zero-order valence-electron chi connectivity index (χ0n) is 76.1. The first kappa shape index (κ1) is 107. The topological polar surface area (TPSA) is 185 Å². The Hall–Kier alpha value is 6.06. The summed E-state index contributed by atoms with van der Waals surface area (Å²) < 4.78 is 4.94. The van der Waals surface area contributed by atoms with Gasteiger partial charge in [0.05, 0.1) is 40.2 Å². The number of carbonyl (C=O) groups is 2. The van der Waals surface area contributed by atoms with E-state index in [0.29, 0.717) is 69.7 Å². The van der Waals surface area contributed by atoms with Crippen LogP contribution in [-0.4, -0.2) is 101 Å². The summed E-state index contributed by atoms with van der Waals surface area (Å²) in [7, 11) is 0. The summed E-state index contributed by atoms with van der Waals surface area (Å²) in [5.41, 5.74) is 1.17. The molecule has 21 rings (SSSR count). The molecule has 120 heavy (non-hydrogen) atoms. The number of hydrogen-bond acceptors (Lipinski definition) is 10. The van der Waals surface area contributed by atoms with Crippen LogP contribution >= 0.6 is 186 Å². The summed E-state index contributed by atoms with van der Waals surface area (Å²) in [5, 5.41) is 73.9. The number of ether oxygens (including phenoxy) is 1. The van der Waals surface area contributed by atoms with Crippen LogP contribution in [0, 0.1) is 187 Å². The van der Waals surface area contributed by atoms with Crippen molar-refractivity contribution >= 4 is 198 Å². The fraction of sp³-hybridized carbons (Fsp3) is 0.960. The van der Waals surface area contributed by atoms with E-state index in [1.807, 2.05) is 13.8 Å². The van der Waals surface area contributed by atoms with Gasteiger partial charge in [-0.3, -0.25) is 9.59 Å². The Morgan fingerprint density at radius 1 is 0.350 bits per heavy atom. The summed E-state index contributed by atoms with van der Waals surface area (Å²) in [6.07, 6.45) is 53.7. The molecular formula is C100H180I10O10. The number of aliphatic hydroxyl groups excluding tert-OH is 2. The Kier molecular flexibility index (Phi) is 39.5. The molecule has 21 aliphatic rings. The van der Waals surface area contributed by atoms with E-state index in [0.717, 1.165) is 190 Å². The van der Waals surface area contributed by atoms with Crippen LogP contribution in [-0.2, 0) is 14.3 Å². The zero-order valence-corrected chi connectivity index (χ0v) is 97.6. The molecule has 7 N–H and O–H groups in total. The summed E-state index contributed by atoms with van der Waals surface area (Å²) >= 11 is 21.2. The average Bonchev–Trinajstić information content (AvgIpc) is 1.60. The molecular weight excluding hydrogens is 2630 g/mol. The third-order valence-electron chi connectivity index (χ3n) is 42.6. The van der Waals surface area contributed by atoms with E-state index in [1.165, 1.54) is 205 Å². The van der Waals surface area contributed by atoms with Crippen molar-refractivity contribution < 1.29 is 61.5 Å². The molecule has 1 saturated heterocycles. The minimum Gasteiger partial charge on any atom is -0.393 e. The molecule has 20 heteroatoms. The normalized spacial score (nSPS) is 52.6. The molecule has 20 saturated carbocycles. The van der Waals surface area contributed by atoms with Crippen molar-refractivity contribution in [2.45, 2.75) is 400 Å². The van der Waals surface area contributed by atoms with Gasteiger partial charge in [-0.15, -0.1) is 0 Å². The van der Waals surface area contributed by atoms with Gasteiger partial charge in [0.1, 0.15) is 11.6 Å². The van der Waals surface area contributed by atoms with Gasteiger partial charge in [0, 0.05) is 229 Å². The Morgan fingerprint density at radius 2 is 0.633 bits per heavy atom. The molecule has 20 aliphatic carbocycles. The molecule has 1 aliphatic heterocycles. The van der Waals surface area contributed by atoms with Crippen LogP contribution in [0.25, 0.3) is 0 Å². The standard InChI is InChI=1S/C20H34O2.C20H32O2.C20H32O.C18H30O2.C18H28O2.C4H8O.5I2.8H2/c2*1-12(21)16-6-7-17-14-4-5-18-15(9-11-20(18,3)22)13(14)8-10-19(16,17)2;1-4-13-5-7-17-15-6-8-18-16(10-12-20(18,3)21)14(15)9-11-19(13,17)2;2*1-17-9-7-11-12(14(17)5-6-16(17)19)3-4-15-13(11)8-10-18(15,2)20;1-2-4-5-3-1;5*1-2;;;;;;;;/h12-18,21-22H,4-11H2,1-3H3;13-18,22H,4-11H2,1-3H3;4,14-18,21H,5-12H2,1-3H3;11-16,19-20H,3-10H2,1-2H3;11-15,20H,3-10H2,1-2H3;1-4H2;;;;;;8*1H/b;;13-4-;;;;;;;;;;;;;;;;/t12?,13-,14+,15+,16+,17-,18+,19+,20-;13-,14+,15+,16+,17-,18+,19+,20-;14-,15+,16+,17-,18+,19+,20-;11-,12+,13+,14-,15+,16-,17-,18-;11-,12+,13+,14-,15+,17-,18-;;;;;;;;;;;;;;/m00000............../s1. The second-order valence-corrected chi connectivity index (χ2v) is 46.8. The largest absolute Gasteiger partial charge is 0.393 e. The first-order valence-corrected chi connectivity index (χ1v) is 80.4. The number of rotatable bonds is 2. The van der Waals surface area contributed by atoms with Gasteiger partial charge < -0.3 is 40.5 Å². The lowest BCUT2D eigenvalue weighted by Gasteiger charge is -2.54. The smallest absolute Gasteiger partial charge is 0.139 e. The van der Waals surface area contributed by atoms with E-state index in [1.54, 1.807) is 5.57 Å². The lowest BCUT2D eigenvalue weighted by atomic mass is 9.51. The molecule has 39 atom stereocenters. The van der Waals surface area contributed by atoms with Gasteiger partial charge >= 0.3 is 0 Å². The van der Waals surface area contributed by atoms with E-state index in [9.17, 15) is 45.3 Å². The van der Waals surface area contributed by atoms with E-state index in [4.69, 9.17) is 4.74 Å². The minimum absolute atomic E-state index is 0. The summed E-state index contributed by atoms with van der Waals surface area (Å²) in [6.45, 7) is 30.5. The van der Waals surface area contributed by atoms with Crippen LogP contribution in [0.5, 0.6) is 0 Å². The van der Waals surface area contributed by atoms with Gasteiger partial charge in [0.25, 0.3) is 0 Å². The van der Waals surface area contributed by atoms with Gasteiger partial charge in [-0.25, -0.2) is 0 Å². The van der Waals surface area contributed by atoms with Crippen molar-refractivity contribution in [1.29, 1.82) is 0 Å². The highest BCUT2D eigenvalue weighted by atomic mass is 128. The van der Waals surface area contributed by atoms with Crippen molar-refractivity contribution in [3.05, 3.63) is 11.6 Å². The fourth-order valence-corrected chi connectivity index (χ4v) is 37.0. The molecule has 21 fully saturated rings. The lowest BCUT2D eigenvalue weighted by molar-refractivity contribution is -0.133. The highest BCUT2D eigenvalue weighted by Gasteiger charge is 2.66. The van der Waals surface area contributed by atoms with E-state index in [2.05, 4.69) is 268 Å². The lowest BCUT2D eigenvalue weighted by Crippen LogP contribution is -2.49. The number of allylic oxidation sites excluding steroid dienone is 2. The van der Waals surface area contributed by atoms with Gasteiger partial charge in [0.15, 0.2) is 0 Å². The molecule has 1 heterocycles. The number of aliphatic hydroxyl groups is 7. The number of halogens is 10. The van der Waals surface area contributed by atoms with E-state index < -0.39 is 22.4 Å². The molecule has 1 unspecified atom stereocenters. The molecule has 0 radical (unpaired) electrons. The number of hydrogen-bond donors (Lipinski definition) is 7. The second-order valence-electron chi connectivity index (χ2n) is 46.8. The Bertz CT molecular complexity index is 3370. The number of ketones is 2. The molecule has 710 valence electrons.